The number of allylic oxidation sites excluding steroid dienone is 1. The molecule has 2 amide bonds. The summed E-state index contributed by atoms with van der Waals surface area (Å²) in [5.74, 6) is -1.80. The van der Waals surface area contributed by atoms with Gasteiger partial charge in [0.15, 0.2) is 10.8 Å². The second-order valence-electron chi connectivity index (χ2n) is 9.67. The number of amides is 2. The lowest BCUT2D eigenvalue weighted by atomic mass is 9.92. The Labute approximate surface area is 243 Å². The summed E-state index contributed by atoms with van der Waals surface area (Å²) in [5.41, 5.74) is 8.54. The zero-order valence-electron chi connectivity index (χ0n) is 22.8. The fourth-order valence-corrected chi connectivity index (χ4v) is 5.88. The number of carboxylic acids is 1. The molecule has 2 aliphatic heterocycles. The maximum Gasteiger partial charge on any atom is 0.352 e. The number of oxime groups is 1. The number of carboxylic acid groups (broad SMARTS) is 1. The van der Waals surface area contributed by atoms with Gasteiger partial charge in [-0.3, -0.25) is 19.3 Å². The number of ketones is 1. The number of thioether (sulfide) groups is 1. The summed E-state index contributed by atoms with van der Waals surface area (Å²) in [5, 5.41) is 17.4. The van der Waals surface area contributed by atoms with Gasteiger partial charge in [-0.05, 0) is 25.5 Å². The molecule has 15 heteroatoms. The van der Waals surface area contributed by atoms with Crippen LogP contribution in [0.2, 0.25) is 0 Å². The number of carbonyl (C=O) groups is 4. The predicted octanol–water partition coefficient (Wildman–Crippen LogP) is 2.91. The number of hydrogen-bond donors (Lipinski definition) is 3. The Morgan fingerprint density at radius 2 is 1.95 bits per heavy atom. The minimum atomic E-state index is -1.21. The number of nitrogens with one attached hydrogen (secondary N) is 1. The molecule has 214 valence electrons. The first-order chi connectivity index (χ1) is 18.8. The molecule has 4 N–H and O–H groups in total. The SMILES string of the molecule is CC(=O)C(C)(C)C.CO/N=C(\C(=O)NC1C(=O)N2C(C(=O)O)=C(/C=C\c3scnc3C)CSC12)c1csc(N)n1. The fraction of sp³-hybridized carbons (Fsp3) is 0.400. The Bertz CT molecular complexity index is 1400. The zero-order chi connectivity index (χ0) is 29.8. The van der Waals surface area contributed by atoms with E-state index in [4.69, 9.17) is 10.6 Å². The highest BCUT2D eigenvalue weighted by atomic mass is 32.2. The number of hydrogen-bond acceptors (Lipinski definition) is 12. The van der Waals surface area contributed by atoms with Crippen LogP contribution in [0.3, 0.4) is 0 Å². The first-order valence-electron chi connectivity index (χ1n) is 11.9. The van der Waals surface area contributed by atoms with Gasteiger partial charge in [0.25, 0.3) is 11.8 Å². The van der Waals surface area contributed by atoms with Crippen LogP contribution in [0.1, 0.15) is 44.0 Å². The molecular weight excluding hydrogens is 577 g/mol. The summed E-state index contributed by atoms with van der Waals surface area (Å²) >= 11 is 3.94. The predicted molar refractivity (Wildman–Crippen MR) is 156 cm³/mol. The van der Waals surface area contributed by atoms with Crippen molar-refractivity contribution in [3.8, 4) is 0 Å². The maximum absolute atomic E-state index is 12.9. The van der Waals surface area contributed by atoms with E-state index in [9.17, 15) is 24.3 Å². The van der Waals surface area contributed by atoms with E-state index in [0.29, 0.717) is 11.3 Å². The number of aryl methyl sites for hydroxylation is 1. The fourth-order valence-electron chi connectivity index (χ4n) is 3.32. The lowest BCUT2D eigenvalue weighted by Crippen LogP contribution is -2.71. The number of Topliss-reactive ketones (excluding diaryl/α,β-unsaturated/α-hetero) is 1. The van der Waals surface area contributed by atoms with Gasteiger partial charge in [0, 0.05) is 21.4 Å². The molecule has 1 saturated heterocycles. The van der Waals surface area contributed by atoms with Crippen molar-refractivity contribution in [3.63, 3.8) is 0 Å². The molecule has 0 bridgehead atoms. The van der Waals surface area contributed by atoms with Gasteiger partial charge in [-0.25, -0.2) is 14.8 Å². The first kappa shape index (κ1) is 31.0. The highest BCUT2D eigenvalue weighted by Crippen LogP contribution is 2.41. The van der Waals surface area contributed by atoms with Crippen LogP contribution < -0.4 is 11.1 Å². The Balaban J connectivity index is 0.000000559. The van der Waals surface area contributed by atoms with Crippen molar-refractivity contribution >= 4 is 74.9 Å². The molecular formula is C25H30N6O6S3. The lowest BCUT2D eigenvalue weighted by Gasteiger charge is -2.49. The summed E-state index contributed by atoms with van der Waals surface area (Å²) in [4.78, 5) is 63.2. The molecule has 2 aromatic rings. The van der Waals surface area contributed by atoms with E-state index in [-0.39, 0.29) is 33.4 Å². The molecule has 2 aliphatic rings. The average molecular weight is 607 g/mol. The monoisotopic (exact) mass is 606 g/mol. The second kappa shape index (κ2) is 12.7. The topological polar surface area (TPSA) is 177 Å². The number of anilines is 1. The van der Waals surface area contributed by atoms with Crippen molar-refractivity contribution in [2.24, 2.45) is 10.6 Å². The van der Waals surface area contributed by atoms with Crippen molar-refractivity contribution in [2.75, 3.05) is 18.6 Å². The van der Waals surface area contributed by atoms with Gasteiger partial charge in [-0.2, -0.15) is 0 Å². The summed E-state index contributed by atoms with van der Waals surface area (Å²) in [6.45, 7) is 9.21. The Morgan fingerprint density at radius 3 is 2.45 bits per heavy atom. The van der Waals surface area contributed by atoms with E-state index in [0.717, 1.165) is 21.9 Å². The van der Waals surface area contributed by atoms with Gasteiger partial charge in [0.1, 0.15) is 35.7 Å². The minimum absolute atomic E-state index is 0.0919. The summed E-state index contributed by atoms with van der Waals surface area (Å²) < 4.78 is 0. The van der Waals surface area contributed by atoms with Crippen LogP contribution in [0.4, 0.5) is 5.13 Å². The molecule has 0 aromatic carbocycles. The van der Waals surface area contributed by atoms with Crippen LogP contribution in [-0.4, -0.2) is 73.5 Å². The van der Waals surface area contributed by atoms with Crippen LogP contribution in [0.5, 0.6) is 0 Å². The van der Waals surface area contributed by atoms with Gasteiger partial charge < -0.3 is 21.0 Å². The quantitative estimate of drug-likeness (QED) is 0.241. The van der Waals surface area contributed by atoms with E-state index < -0.39 is 29.2 Å². The van der Waals surface area contributed by atoms with Crippen LogP contribution in [0, 0.1) is 12.3 Å². The second-order valence-corrected chi connectivity index (χ2v) is 12.6. The summed E-state index contributed by atoms with van der Waals surface area (Å²) in [6, 6.07) is -0.913. The number of nitrogen functional groups attached to an aromatic ring is 1. The normalized spacial score (nSPS) is 19.0. The number of nitrogens with zero attached hydrogens (tertiary/aromatic N) is 4. The number of rotatable bonds is 7. The number of fused-ring (bicyclic) bond motifs is 1. The molecule has 0 saturated carbocycles. The Kier molecular flexibility index (Phi) is 9.87. The molecule has 2 atom stereocenters. The lowest BCUT2D eigenvalue weighted by molar-refractivity contribution is -0.150. The average Bonchev–Trinajstić information content (AvgIpc) is 3.50. The highest BCUT2D eigenvalue weighted by molar-refractivity contribution is 8.00. The molecule has 1 fully saturated rings. The van der Waals surface area contributed by atoms with Crippen molar-refractivity contribution in [1.82, 2.24) is 20.2 Å². The van der Waals surface area contributed by atoms with Crippen molar-refractivity contribution in [1.29, 1.82) is 0 Å². The van der Waals surface area contributed by atoms with Gasteiger partial charge in [-0.1, -0.05) is 32.0 Å². The van der Waals surface area contributed by atoms with Crippen LogP contribution in [0.25, 0.3) is 6.08 Å². The van der Waals surface area contributed by atoms with Gasteiger partial charge in [0.2, 0.25) is 0 Å². The highest BCUT2D eigenvalue weighted by Gasteiger charge is 2.54. The van der Waals surface area contributed by atoms with Crippen LogP contribution in [0.15, 0.2) is 33.4 Å². The zero-order valence-corrected chi connectivity index (χ0v) is 25.2. The van der Waals surface area contributed by atoms with Crippen LogP contribution in [-0.2, 0) is 24.0 Å². The number of carbonyl (C=O) groups excluding carboxylic acids is 3. The molecule has 2 unspecified atom stereocenters. The van der Waals surface area contributed by atoms with Gasteiger partial charge >= 0.3 is 5.97 Å². The van der Waals surface area contributed by atoms with E-state index in [1.807, 2.05) is 27.7 Å². The molecule has 4 rings (SSSR count). The van der Waals surface area contributed by atoms with E-state index in [2.05, 4.69) is 20.4 Å². The molecule has 2 aromatic heterocycles. The third kappa shape index (κ3) is 6.95. The number of nitrogens with two attached hydrogens (primary N) is 1. The van der Waals surface area contributed by atoms with Crippen LogP contribution >= 0.6 is 34.4 Å². The Hall–Kier alpha value is -3.56. The molecule has 0 aliphatic carbocycles. The van der Waals surface area contributed by atoms with Crippen molar-refractivity contribution < 1.29 is 29.1 Å². The van der Waals surface area contributed by atoms with Crippen molar-refractivity contribution in [3.05, 3.63) is 44.5 Å². The molecule has 4 heterocycles. The smallest absolute Gasteiger partial charge is 0.352 e. The van der Waals surface area contributed by atoms with Gasteiger partial charge in [-0.15, -0.1) is 34.4 Å². The summed E-state index contributed by atoms with van der Waals surface area (Å²) in [6.07, 6.45) is 3.49. The largest absolute Gasteiger partial charge is 0.477 e. The first-order valence-corrected chi connectivity index (χ1v) is 14.7. The number of β-lactam (4-membered cyclic amide) rings is 1. The van der Waals surface area contributed by atoms with Gasteiger partial charge in [0.05, 0.1) is 11.2 Å². The van der Waals surface area contributed by atoms with E-state index in [1.54, 1.807) is 30.0 Å². The number of aromatic nitrogens is 2. The minimum Gasteiger partial charge on any atom is -0.477 e. The van der Waals surface area contributed by atoms with E-state index in [1.165, 1.54) is 35.1 Å². The maximum atomic E-state index is 12.9. The standard InChI is InChI=1S/C19H18N6O5S3.C6H12O/c1-8-11(33-7-21-8)4-3-9-5-31-17-13(16(27)25(17)14(9)18(28)29)23-15(26)12(24-30-2)10-6-32-19(20)22-10;1-5(7)6(2,3)4/h3-4,6-7,13,17H,5H2,1-2H3,(H2,20,22)(H,23,26)(H,28,29);1-4H3/b4-3-,24-12-;. The molecule has 40 heavy (non-hydrogen) atoms. The summed E-state index contributed by atoms with van der Waals surface area (Å²) in [7, 11) is 1.28. The molecule has 0 radical (unpaired) electrons. The number of aliphatic carboxylic acids is 1. The third-order valence-electron chi connectivity index (χ3n) is 5.92. The van der Waals surface area contributed by atoms with E-state index >= 15 is 0 Å². The third-order valence-corrected chi connectivity index (χ3v) is 8.80. The Morgan fingerprint density at radius 1 is 1.27 bits per heavy atom. The molecule has 12 nitrogen and oxygen atoms in total. The number of thiazole rings is 2. The van der Waals surface area contributed by atoms with Crippen molar-refractivity contribution in [2.45, 2.75) is 46.0 Å². The molecule has 0 spiro atoms.